The maximum atomic E-state index is 11.8. The topological polar surface area (TPSA) is 87.7 Å². The standard InChI is InChI=1S/C14H20N2O4/c1-10-3-5-11(6-4-10)13(17)16-8-7-15-12(9-20-2)14(18)19/h3-6,12,15H,7-9H2,1-2H3,(H,16,17)(H,18,19). The normalized spacial score (nSPS) is 11.9. The van der Waals surface area contributed by atoms with Crippen LogP contribution < -0.4 is 10.6 Å². The highest BCUT2D eigenvalue weighted by atomic mass is 16.5. The third kappa shape index (κ3) is 5.38. The Morgan fingerprint density at radius 3 is 2.45 bits per heavy atom. The van der Waals surface area contributed by atoms with E-state index in [4.69, 9.17) is 9.84 Å². The average molecular weight is 280 g/mol. The second-order valence-electron chi connectivity index (χ2n) is 4.42. The number of aliphatic carboxylic acids is 1. The number of ether oxygens (including phenoxy) is 1. The van der Waals surface area contributed by atoms with Gasteiger partial charge in [-0.3, -0.25) is 9.59 Å². The lowest BCUT2D eigenvalue weighted by molar-refractivity contribution is -0.140. The van der Waals surface area contributed by atoms with Crippen molar-refractivity contribution >= 4 is 11.9 Å². The third-order valence-corrected chi connectivity index (χ3v) is 2.75. The van der Waals surface area contributed by atoms with Gasteiger partial charge in [-0.05, 0) is 19.1 Å². The van der Waals surface area contributed by atoms with Crippen molar-refractivity contribution < 1.29 is 19.4 Å². The first-order chi connectivity index (χ1) is 9.54. The molecule has 6 nitrogen and oxygen atoms in total. The van der Waals surface area contributed by atoms with Crippen molar-refractivity contribution in [3.63, 3.8) is 0 Å². The molecule has 1 rings (SSSR count). The van der Waals surface area contributed by atoms with Crippen molar-refractivity contribution in [1.29, 1.82) is 0 Å². The van der Waals surface area contributed by atoms with Gasteiger partial charge < -0.3 is 20.5 Å². The number of aryl methyl sites for hydroxylation is 1. The van der Waals surface area contributed by atoms with Gasteiger partial charge in [-0.15, -0.1) is 0 Å². The van der Waals surface area contributed by atoms with Gasteiger partial charge in [0.1, 0.15) is 6.04 Å². The number of hydrogen-bond acceptors (Lipinski definition) is 4. The Balaban J connectivity index is 2.31. The zero-order chi connectivity index (χ0) is 15.0. The van der Waals surface area contributed by atoms with E-state index in [9.17, 15) is 9.59 Å². The fourth-order valence-electron chi connectivity index (χ4n) is 1.61. The van der Waals surface area contributed by atoms with Crippen LogP contribution in [0.3, 0.4) is 0 Å². The second kappa shape index (κ2) is 8.29. The van der Waals surface area contributed by atoms with Gasteiger partial charge in [0.2, 0.25) is 0 Å². The number of methoxy groups -OCH3 is 1. The van der Waals surface area contributed by atoms with E-state index < -0.39 is 12.0 Å². The van der Waals surface area contributed by atoms with Crippen molar-refractivity contribution in [3.05, 3.63) is 35.4 Å². The van der Waals surface area contributed by atoms with Crippen LogP contribution in [-0.2, 0) is 9.53 Å². The second-order valence-corrected chi connectivity index (χ2v) is 4.42. The van der Waals surface area contributed by atoms with E-state index in [1.54, 1.807) is 12.1 Å². The van der Waals surface area contributed by atoms with Crippen molar-refractivity contribution in [2.75, 3.05) is 26.8 Å². The zero-order valence-corrected chi connectivity index (χ0v) is 11.7. The number of hydrogen-bond donors (Lipinski definition) is 3. The molecule has 1 atom stereocenters. The summed E-state index contributed by atoms with van der Waals surface area (Å²) in [6, 6.07) is 6.47. The number of carboxylic acid groups (broad SMARTS) is 1. The summed E-state index contributed by atoms with van der Waals surface area (Å²) in [5, 5.41) is 14.4. The van der Waals surface area contributed by atoms with Crippen molar-refractivity contribution in [1.82, 2.24) is 10.6 Å². The Hall–Kier alpha value is -1.92. The molecule has 6 heteroatoms. The van der Waals surface area contributed by atoms with Crippen LogP contribution in [0.1, 0.15) is 15.9 Å². The van der Waals surface area contributed by atoms with E-state index in [1.807, 2.05) is 19.1 Å². The number of carbonyl (C=O) groups excluding carboxylic acids is 1. The molecule has 1 aromatic carbocycles. The number of rotatable bonds is 8. The van der Waals surface area contributed by atoms with E-state index in [0.717, 1.165) is 5.56 Å². The summed E-state index contributed by atoms with van der Waals surface area (Å²) >= 11 is 0. The molecule has 0 saturated carbocycles. The quantitative estimate of drug-likeness (QED) is 0.600. The Morgan fingerprint density at radius 2 is 1.90 bits per heavy atom. The van der Waals surface area contributed by atoms with E-state index in [1.165, 1.54) is 7.11 Å². The monoisotopic (exact) mass is 280 g/mol. The highest BCUT2D eigenvalue weighted by Crippen LogP contribution is 2.02. The highest BCUT2D eigenvalue weighted by Gasteiger charge is 2.15. The minimum Gasteiger partial charge on any atom is -0.480 e. The Labute approximate surface area is 118 Å². The molecule has 0 spiro atoms. The maximum Gasteiger partial charge on any atom is 0.323 e. The molecule has 1 amide bonds. The van der Waals surface area contributed by atoms with Crippen LogP contribution in [0.25, 0.3) is 0 Å². The smallest absolute Gasteiger partial charge is 0.323 e. The van der Waals surface area contributed by atoms with Gasteiger partial charge in [-0.25, -0.2) is 0 Å². The number of carbonyl (C=O) groups is 2. The summed E-state index contributed by atoms with van der Waals surface area (Å²) in [6.07, 6.45) is 0. The first kappa shape index (κ1) is 16.1. The van der Waals surface area contributed by atoms with Crippen LogP contribution in [0.5, 0.6) is 0 Å². The molecule has 3 N–H and O–H groups in total. The minimum absolute atomic E-state index is 0.0846. The molecule has 0 aliphatic carbocycles. The molecule has 0 radical (unpaired) electrons. The van der Waals surface area contributed by atoms with E-state index in [2.05, 4.69) is 10.6 Å². The van der Waals surface area contributed by atoms with Crippen LogP contribution >= 0.6 is 0 Å². The summed E-state index contributed by atoms with van der Waals surface area (Å²) in [4.78, 5) is 22.6. The van der Waals surface area contributed by atoms with Crippen LogP contribution in [0.15, 0.2) is 24.3 Å². The van der Waals surface area contributed by atoms with E-state index in [-0.39, 0.29) is 12.5 Å². The molecule has 0 heterocycles. The van der Waals surface area contributed by atoms with Crippen molar-refractivity contribution in [2.45, 2.75) is 13.0 Å². The molecule has 0 saturated heterocycles. The first-order valence-corrected chi connectivity index (χ1v) is 6.34. The summed E-state index contributed by atoms with van der Waals surface area (Å²) < 4.78 is 4.79. The van der Waals surface area contributed by atoms with Gasteiger partial charge in [0.05, 0.1) is 6.61 Å². The lowest BCUT2D eigenvalue weighted by Gasteiger charge is -2.13. The first-order valence-electron chi connectivity index (χ1n) is 6.34. The average Bonchev–Trinajstić information content (AvgIpc) is 2.42. The Kier molecular flexibility index (Phi) is 6.69. The number of carboxylic acids is 1. The minimum atomic E-state index is -0.975. The van der Waals surface area contributed by atoms with Crippen LogP contribution in [0.4, 0.5) is 0 Å². The SMILES string of the molecule is COCC(NCCNC(=O)c1ccc(C)cc1)C(=O)O. The predicted octanol–water partition coefficient (Wildman–Crippen LogP) is 0.414. The van der Waals surface area contributed by atoms with Gasteiger partial charge in [0.25, 0.3) is 5.91 Å². The molecule has 0 aliphatic rings. The molecule has 1 unspecified atom stereocenters. The summed E-state index contributed by atoms with van der Waals surface area (Å²) in [5.74, 6) is -1.15. The van der Waals surface area contributed by atoms with Crippen LogP contribution in [0.2, 0.25) is 0 Å². The Morgan fingerprint density at radius 1 is 1.25 bits per heavy atom. The van der Waals surface area contributed by atoms with E-state index in [0.29, 0.717) is 18.7 Å². The number of amides is 1. The molecule has 110 valence electrons. The summed E-state index contributed by atoms with van der Waals surface area (Å²) in [6.45, 7) is 2.74. The molecule has 20 heavy (non-hydrogen) atoms. The molecule has 0 aromatic heterocycles. The van der Waals surface area contributed by atoms with Gasteiger partial charge >= 0.3 is 5.97 Å². The van der Waals surface area contributed by atoms with Crippen LogP contribution in [-0.4, -0.2) is 49.8 Å². The highest BCUT2D eigenvalue weighted by molar-refractivity contribution is 5.94. The van der Waals surface area contributed by atoms with Crippen molar-refractivity contribution in [3.8, 4) is 0 Å². The van der Waals surface area contributed by atoms with E-state index >= 15 is 0 Å². The predicted molar refractivity (Wildman–Crippen MR) is 74.8 cm³/mol. The third-order valence-electron chi connectivity index (χ3n) is 2.75. The van der Waals surface area contributed by atoms with Gasteiger partial charge in [0.15, 0.2) is 0 Å². The maximum absolute atomic E-state index is 11.8. The summed E-state index contributed by atoms with van der Waals surface area (Å²) in [7, 11) is 1.44. The molecular weight excluding hydrogens is 260 g/mol. The number of nitrogens with one attached hydrogen (secondary N) is 2. The molecule has 0 fully saturated rings. The number of benzene rings is 1. The van der Waals surface area contributed by atoms with Gasteiger partial charge in [-0.2, -0.15) is 0 Å². The van der Waals surface area contributed by atoms with Gasteiger partial charge in [-0.1, -0.05) is 17.7 Å². The van der Waals surface area contributed by atoms with Gasteiger partial charge in [0, 0.05) is 25.8 Å². The lowest BCUT2D eigenvalue weighted by atomic mass is 10.1. The molecule has 0 bridgehead atoms. The fourth-order valence-corrected chi connectivity index (χ4v) is 1.61. The molecule has 0 aliphatic heterocycles. The Bertz CT molecular complexity index is 445. The summed E-state index contributed by atoms with van der Waals surface area (Å²) in [5.41, 5.74) is 1.68. The fraction of sp³-hybridized carbons (Fsp3) is 0.429. The molecular formula is C14H20N2O4. The lowest BCUT2D eigenvalue weighted by Crippen LogP contribution is -2.43. The van der Waals surface area contributed by atoms with Crippen LogP contribution in [0, 0.1) is 6.92 Å². The molecule has 1 aromatic rings. The zero-order valence-electron chi connectivity index (χ0n) is 11.7. The van der Waals surface area contributed by atoms with Crippen molar-refractivity contribution in [2.24, 2.45) is 0 Å². The largest absolute Gasteiger partial charge is 0.480 e.